The lowest BCUT2D eigenvalue weighted by Gasteiger charge is -2.12. The van der Waals surface area contributed by atoms with Crippen LogP contribution in [0.1, 0.15) is 42.6 Å². The van der Waals surface area contributed by atoms with Gasteiger partial charge in [-0.3, -0.25) is 9.59 Å². The van der Waals surface area contributed by atoms with Gasteiger partial charge in [0.2, 0.25) is 5.91 Å². The van der Waals surface area contributed by atoms with Crippen LogP contribution in [-0.4, -0.2) is 18.2 Å². The van der Waals surface area contributed by atoms with Gasteiger partial charge in [0.15, 0.2) is 5.78 Å². The normalized spacial score (nSPS) is 11.9. The van der Waals surface area contributed by atoms with Crippen molar-refractivity contribution in [3.63, 3.8) is 0 Å². The number of hydrogen-bond donors (Lipinski definition) is 1. The Morgan fingerprint density at radius 2 is 1.75 bits per heavy atom. The third-order valence-corrected chi connectivity index (χ3v) is 2.54. The van der Waals surface area contributed by atoms with Crippen LogP contribution in [0.25, 0.3) is 0 Å². The molecule has 1 rings (SSSR count). The van der Waals surface area contributed by atoms with Gasteiger partial charge in [-0.1, -0.05) is 31.2 Å². The van der Waals surface area contributed by atoms with Crippen molar-refractivity contribution in [2.24, 2.45) is 0 Å². The number of ketones is 1. The fraction of sp³-hybridized carbons (Fsp3) is 0.385. The molecule has 0 saturated heterocycles. The molecule has 1 unspecified atom stereocenters. The maximum absolute atomic E-state index is 11.1. The van der Waals surface area contributed by atoms with Gasteiger partial charge in [-0.25, -0.2) is 0 Å². The molecule has 3 heteroatoms. The Labute approximate surface area is 95.9 Å². The van der Waals surface area contributed by atoms with Crippen LogP contribution in [0, 0.1) is 0 Å². The Kier molecular flexibility index (Phi) is 4.23. The topological polar surface area (TPSA) is 46.2 Å². The van der Waals surface area contributed by atoms with Crippen molar-refractivity contribution < 1.29 is 9.59 Å². The summed E-state index contributed by atoms with van der Waals surface area (Å²) in [5.74, 6) is 0.304. The summed E-state index contributed by atoms with van der Waals surface area (Å²) < 4.78 is 0. The minimum absolute atomic E-state index is 0.0211. The smallest absolute Gasteiger partial charge is 0.216 e. The van der Waals surface area contributed by atoms with E-state index in [-0.39, 0.29) is 17.6 Å². The average Bonchev–Trinajstić information content (AvgIpc) is 2.26. The molecule has 3 nitrogen and oxygen atoms in total. The van der Waals surface area contributed by atoms with Crippen LogP contribution in [0.3, 0.4) is 0 Å². The lowest BCUT2D eigenvalue weighted by atomic mass is 9.99. The van der Waals surface area contributed by atoms with Crippen LogP contribution in [0.15, 0.2) is 24.3 Å². The van der Waals surface area contributed by atoms with Gasteiger partial charge in [-0.2, -0.15) is 0 Å². The first-order valence-corrected chi connectivity index (χ1v) is 5.36. The van der Waals surface area contributed by atoms with E-state index in [9.17, 15) is 9.59 Å². The summed E-state index contributed by atoms with van der Waals surface area (Å²) in [4.78, 5) is 21.9. The molecular weight excluding hydrogens is 202 g/mol. The van der Waals surface area contributed by atoms with E-state index in [0.717, 1.165) is 11.1 Å². The summed E-state index contributed by atoms with van der Waals surface area (Å²) in [6.07, 6.45) is 0. The fourth-order valence-electron chi connectivity index (χ4n) is 1.46. The summed E-state index contributed by atoms with van der Waals surface area (Å²) in [6.45, 7) is 5.72. The van der Waals surface area contributed by atoms with Gasteiger partial charge in [0.1, 0.15) is 0 Å². The quantitative estimate of drug-likeness (QED) is 0.788. The summed E-state index contributed by atoms with van der Waals surface area (Å²) in [5, 5.41) is 2.78. The molecular formula is C13H17NO2. The Morgan fingerprint density at radius 1 is 1.19 bits per heavy atom. The lowest BCUT2D eigenvalue weighted by molar-refractivity contribution is -0.119. The van der Waals surface area contributed by atoms with Crippen molar-refractivity contribution in [1.29, 1.82) is 0 Å². The van der Waals surface area contributed by atoms with Crippen LogP contribution >= 0.6 is 0 Å². The Bertz CT molecular complexity index is 381. The van der Waals surface area contributed by atoms with Gasteiger partial charge in [0.25, 0.3) is 0 Å². The number of benzene rings is 1. The first kappa shape index (κ1) is 12.4. The summed E-state index contributed by atoms with van der Waals surface area (Å²) >= 11 is 0. The molecule has 0 aliphatic heterocycles. The Hall–Kier alpha value is -1.64. The zero-order chi connectivity index (χ0) is 12.1. The monoisotopic (exact) mass is 219 g/mol. The standard InChI is InChI=1S/C13H17NO2/c1-9(8-14-11(3)16)12-4-6-13(7-5-12)10(2)15/h4-7,9H,8H2,1-3H3,(H,14,16). The third kappa shape index (κ3) is 3.50. The highest BCUT2D eigenvalue weighted by Crippen LogP contribution is 2.15. The van der Waals surface area contributed by atoms with Crippen LogP contribution in [0.5, 0.6) is 0 Å². The molecule has 1 aromatic carbocycles. The highest BCUT2D eigenvalue weighted by atomic mass is 16.1. The first-order chi connectivity index (χ1) is 7.50. The summed E-state index contributed by atoms with van der Waals surface area (Å²) in [7, 11) is 0. The highest BCUT2D eigenvalue weighted by molar-refractivity contribution is 5.94. The van der Waals surface area contributed by atoms with Gasteiger partial charge in [-0.15, -0.1) is 0 Å². The average molecular weight is 219 g/mol. The third-order valence-electron chi connectivity index (χ3n) is 2.54. The molecule has 0 aliphatic carbocycles. The van der Waals surface area contributed by atoms with Crippen molar-refractivity contribution >= 4 is 11.7 Å². The summed E-state index contributed by atoms with van der Waals surface area (Å²) in [6, 6.07) is 7.51. The van der Waals surface area contributed by atoms with Crippen LogP contribution < -0.4 is 5.32 Å². The van der Waals surface area contributed by atoms with Gasteiger partial charge >= 0.3 is 0 Å². The van der Waals surface area contributed by atoms with E-state index in [0.29, 0.717) is 6.54 Å². The number of carbonyl (C=O) groups is 2. The minimum atomic E-state index is -0.0211. The molecule has 1 atom stereocenters. The van der Waals surface area contributed by atoms with Crippen LogP contribution in [-0.2, 0) is 4.79 Å². The molecule has 86 valence electrons. The number of Topliss-reactive ketones (excluding diaryl/α,β-unsaturated/α-hetero) is 1. The fourth-order valence-corrected chi connectivity index (χ4v) is 1.46. The van der Waals surface area contributed by atoms with Gasteiger partial charge in [0.05, 0.1) is 0 Å². The molecule has 0 bridgehead atoms. The van der Waals surface area contributed by atoms with Gasteiger partial charge < -0.3 is 5.32 Å². The molecule has 1 amide bonds. The van der Waals surface area contributed by atoms with Crippen LogP contribution in [0.2, 0.25) is 0 Å². The predicted octanol–water partition coefficient (Wildman–Crippen LogP) is 2.13. The number of nitrogens with one attached hydrogen (secondary N) is 1. The second-order valence-electron chi connectivity index (χ2n) is 4.02. The Morgan fingerprint density at radius 3 is 2.19 bits per heavy atom. The summed E-state index contributed by atoms with van der Waals surface area (Å²) in [5.41, 5.74) is 1.84. The van der Waals surface area contributed by atoms with Gasteiger partial charge in [-0.05, 0) is 18.4 Å². The number of hydrogen-bond acceptors (Lipinski definition) is 2. The van der Waals surface area contributed by atoms with Crippen LogP contribution in [0.4, 0.5) is 0 Å². The predicted molar refractivity (Wildman–Crippen MR) is 63.5 cm³/mol. The first-order valence-electron chi connectivity index (χ1n) is 5.36. The molecule has 0 spiro atoms. The number of carbonyl (C=O) groups excluding carboxylic acids is 2. The minimum Gasteiger partial charge on any atom is -0.356 e. The zero-order valence-electron chi connectivity index (χ0n) is 9.91. The molecule has 16 heavy (non-hydrogen) atoms. The maximum Gasteiger partial charge on any atom is 0.216 e. The molecule has 0 heterocycles. The maximum atomic E-state index is 11.1. The lowest BCUT2D eigenvalue weighted by Crippen LogP contribution is -2.24. The molecule has 1 N–H and O–H groups in total. The van der Waals surface area contributed by atoms with E-state index in [2.05, 4.69) is 5.32 Å². The molecule has 0 aliphatic rings. The second-order valence-corrected chi connectivity index (χ2v) is 4.02. The van der Waals surface area contributed by atoms with E-state index in [1.54, 1.807) is 6.92 Å². The SMILES string of the molecule is CC(=O)NCC(C)c1ccc(C(C)=O)cc1. The molecule has 0 fully saturated rings. The molecule has 0 radical (unpaired) electrons. The van der Waals surface area contributed by atoms with Crippen molar-refractivity contribution in [2.75, 3.05) is 6.54 Å². The van der Waals surface area contributed by atoms with Crippen molar-refractivity contribution in [3.8, 4) is 0 Å². The largest absolute Gasteiger partial charge is 0.356 e. The van der Waals surface area contributed by atoms with E-state index in [4.69, 9.17) is 0 Å². The highest BCUT2D eigenvalue weighted by Gasteiger charge is 2.06. The Balaban J connectivity index is 2.66. The van der Waals surface area contributed by atoms with Crippen molar-refractivity contribution in [3.05, 3.63) is 35.4 Å². The van der Waals surface area contributed by atoms with E-state index < -0.39 is 0 Å². The van der Waals surface area contributed by atoms with E-state index >= 15 is 0 Å². The zero-order valence-corrected chi connectivity index (χ0v) is 9.91. The second kappa shape index (κ2) is 5.45. The van der Waals surface area contributed by atoms with Crippen molar-refractivity contribution in [1.82, 2.24) is 5.32 Å². The number of rotatable bonds is 4. The molecule has 0 aromatic heterocycles. The van der Waals surface area contributed by atoms with Crippen molar-refractivity contribution in [2.45, 2.75) is 26.7 Å². The van der Waals surface area contributed by atoms with E-state index in [1.165, 1.54) is 6.92 Å². The number of amides is 1. The molecule has 1 aromatic rings. The van der Waals surface area contributed by atoms with E-state index in [1.807, 2.05) is 31.2 Å². The van der Waals surface area contributed by atoms with Gasteiger partial charge in [0, 0.05) is 19.0 Å². The molecule has 0 saturated carbocycles.